The molecule has 1 aliphatic heterocycles. The molecule has 1 fully saturated rings. The van der Waals surface area contributed by atoms with Gasteiger partial charge in [0.2, 0.25) is 0 Å². The van der Waals surface area contributed by atoms with Gasteiger partial charge in [-0.05, 0) is 23.1 Å². The minimum atomic E-state index is 0. The van der Waals surface area contributed by atoms with Crippen LogP contribution in [0.5, 0.6) is 0 Å². The summed E-state index contributed by atoms with van der Waals surface area (Å²) in [6, 6.07) is 14.6. The van der Waals surface area contributed by atoms with Crippen molar-refractivity contribution >= 4 is 46.3 Å². The van der Waals surface area contributed by atoms with E-state index >= 15 is 0 Å². The molecular formula is C19H27IN4OS. The normalized spacial score (nSPS) is 14.9. The number of nitrogens with zero attached hydrogens (tertiary/aromatic N) is 3. The van der Waals surface area contributed by atoms with Crippen LogP contribution < -0.4 is 10.2 Å². The first-order valence-corrected chi connectivity index (χ1v) is 9.60. The topological polar surface area (TPSA) is 40.1 Å². The number of anilines is 1. The van der Waals surface area contributed by atoms with E-state index in [2.05, 4.69) is 49.8 Å². The predicted octanol–water partition coefficient (Wildman–Crippen LogP) is 3.28. The number of aliphatic imine (C=N–C) groups is 1. The summed E-state index contributed by atoms with van der Waals surface area (Å²) < 4.78 is 5.73. The number of thiophene rings is 1. The van der Waals surface area contributed by atoms with Crippen molar-refractivity contribution < 1.29 is 4.74 Å². The molecular weight excluding hydrogens is 459 g/mol. The standard InChI is InChI=1S/C19H26N4OS.HI/c1-20-19(21-9-14-24-16-17-6-3-2-4-7-17)23-12-10-22(11-13-23)18-8-5-15-25-18;/h2-8,15H,9-14,16H2,1H3,(H,20,21);1H. The molecule has 0 atom stereocenters. The molecule has 7 heteroatoms. The quantitative estimate of drug-likeness (QED) is 0.295. The van der Waals surface area contributed by atoms with Gasteiger partial charge >= 0.3 is 0 Å². The Labute approximate surface area is 177 Å². The number of nitrogens with one attached hydrogen (secondary N) is 1. The SMILES string of the molecule is CN=C(NCCOCc1ccccc1)N1CCN(c2cccs2)CC1.I. The number of hydrogen-bond donors (Lipinski definition) is 1. The van der Waals surface area contributed by atoms with E-state index in [1.807, 2.05) is 36.6 Å². The highest BCUT2D eigenvalue weighted by Crippen LogP contribution is 2.22. The van der Waals surface area contributed by atoms with Crippen LogP contribution in [0.25, 0.3) is 0 Å². The Morgan fingerprint density at radius 1 is 1.12 bits per heavy atom. The van der Waals surface area contributed by atoms with Crippen LogP contribution in [0.3, 0.4) is 0 Å². The maximum atomic E-state index is 5.73. The van der Waals surface area contributed by atoms with Crippen LogP contribution in [-0.4, -0.2) is 57.2 Å². The van der Waals surface area contributed by atoms with Gasteiger partial charge in [-0.2, -0.15) is 0 Å². The Hall–Kier alpha value is -1.32. The fourth-order valence-corrected chi connectivity index (χ4v) is 3.71. The monoisotopic (exact) mass is 486 g/mol. The maximum Gasteiger partial charge on any atom is 0.193 e. The second-order valence-corrected chi connectivity index (χ2v) is 6.86. The summed E-state index contributed by atoms with van der Waals surface area (Å²) in [7, 11) is 1.85. The largest absolute Gasteiger partial charge is 0.375 e. The predicted molar refractivity (Wildman–Crippen MR) is 121 cm³/mol. The Kier molecular flexibility index (Phi) is 9.21. The lowest BCUT2D eigenvalue weighted by atomic mass is 10.2. The third kappa shape index (κ3) is 6.14. The van der Waals surface area contributed by atoms with Crippen LogP contribution in [0.15, 0.2) is 52.8 Å². The third-order valence-electron chi connectivity index (χ3n) is 4.25. The first-order chi connectivity index (χ1) is 12.4. The van der Waals surface area contributed by atoms with E-state index in [1.54, 1.807) is 0 Å². The molecule has 5 nitrogen and oxygen atoms in total. The van der Waals surface area contributed by atoms with Crippen LogP contribution >= 0.6 is 35.3 Å². The van der Waals surface area contributed by atoms with Crippen molar-refractivity contribution in [3.05, 3.63) is 53.4 Å². The lowest BCUT2D eigenvalue weighted by Gasteiger charge is -2.37. The molecule has 0 saturated carbocycles. The van der Waals surface area contributed by atoms with Gasteiger partial charge in [-0.15, -0.1) is 35.3 Å². The lowest BCUT2D eigenvalue weighted by Crippen LogP contribution is -2.52. The van der Waals surface area contributed by atoms with Gasteiger partial charge in [0.05, 0.1) is 18.2 Å². The van der Waals surface area contributed by atoms with Crippen molar-refractivity contribution in [3.8, 4) is 0 Å². The summed E-state index contributed by atoms with van der Waals surface area (Å²) in [6.07, 6.45) is 0. The Morgan fingerprint density at radius 3 is 2.54 bits per heavy atom. The van der Waals surface area contributed by atoms with Crippen LogP contribution in [0.4, 0.5) is 5.00 Å². The Morgan fingerprint density at radius 2 is 1.88 bits per heavy atom. The van der Waals surface area contributed by atoms with E-state index in [1.165, 1.54) is 10.6 Å². The smallest absolute Gasteiger partial charge is 0.193 e. The van der Waals surface area contributed by atoms with Gasteiger partial charge in [-0.25, -0.2) is 0 Å². The number of guanidine groups is 1. The maximum absolute atomic E-state index is 5.73. The molecule has 3 rings (SSSR count). The highest BCUT2D eigenvalue weighted by atomic mass is 127. The van der Waals surface area contributed by atoms with Crippen LogP contribution in [0.1, 0.15) is 5.56 Å². The van der Waals surface area contributed by atoms with E-state index in [0.717, 1.165) is 38.7 Å². The van der Waals surface area contributed by atoms with Gasteiger partial charge in [-0.1, -0.05) is 30.3 Å². The molecule has 0 unspecified atom stereocenters. The molecule has 0 spiro atoms. The molecule has 1 saturated heterocycles. The van der Waals surface area contributed by atoms with E-state index in [9.17, 15) is 0 Å². The zero-order valence-corrected chi connectivity index (χ0v) is 18.3. The van der Waals surface area contributed by atoms with Crippen molar-refractivity contribution in [3.63, 3.8) is 0 Å². The molecule has 0 bridgehead atoms. The summed E-state index contributed by atoms with van der Waals surface area (Å²) in [5.41, 5.74) is 1.21. The number of hydrogen-bond acceptors (Lipinski definition) is 4. The Balaban J connectivity index is 0.00000243. The van der Waals surface area contributed by atoms with Crippen LogP contribution in [0.2, 0.25) is 0 Å². The number of ether oxygens (including phenoxy) is 1. The number of benzene rings is 1. The van der Waals surface area contributed by atoms with Crippen molar-refractivity contribution in [1.29, 1.82) is 0 Å². The fourth-order valence-electron chi connectivity index (χ4n) is 2.92. The highest BCUT2D eigenvalue weighted by molar-refractivity contribution is 14.0. The molecule has 142 valence electrons. The first kappa shape index (κ1) is 21.0. The van der Waals surface area contributed by atoms with E-state index in [0.29, 0.717) is 13.2 Å². The van der Waals surface area contributed by atoms with Gasteiger partial charge in [0.25, 0.3) is 0 Å². The van der Waals surface area contributed by atoms with Gasteiger partial charge in [-0.3, -0.25) is 4.99 Å². The lowest BCUT2D eigenvalue weighted by molar-refractivity contribution is 0.125. The molecule has 1 N–H and O–H groups in total. The van der Waals surface area contributed by atoms with E-state index in [4.69, 9.17) is 4.74 Å². The summed E-state index contributed by atoms with van der Waals surface area (Å²) in [4.78, 5) is 9.18. The van der Waals surface area contributed by atoms with Crippen molar-refractivity contribution in [1.82, 2.24) is 10.2 Å². The van der Waals surface area contributed by atoms with E-state index in [-0.39, 0.29) is 24.0 Å². The summed E-state index contributed by atoms with van der Waals surface area (Å²) in [5.74, 6) is 0.967. The van der Waals surface area contributed by atoms with E-state index < -0.39 is 0 Å². The summed E-state index contributed by atoms with van der Waals surface area (Å²) >= 11 is 1.81. The molecule has 1 aromatic carbocycles. The molecule has 1 aromatic heterocycles. The van der Waals surface area contributed by atoms with Crippen LogP contribution in [0, 0.1) is 0 Å². The van der Waals surface area contributed by atoms with Gasteiger partial charge in [0, 0.05) is 39.8 Å². The average Bonchev–Trinajstić information content (AvgIpc) is 3.21. The summed E-state index contributed by atoms with van der Waals surface area (Å²) in [5, 5.41) is 6.90. The second-order valence-electron chi connectivity index (χ2n) is 5.94. The molecule has 1 aliphatic rings. The minimum Gasteiger partial charge on any atom is -0.375 e. The van der Waals surface area contributed by atoms with Crippen LogP contribution in [-0.2, 0) is 11.3 Å². The number of piperazine rings is 1. The zero-order valence-electron chi connectivity index (χ0n) is 15.1. The van der Waals surface area contributed by atoms with Crippen molar-refractivity contribution in [2.24, 2.45) is 4.99 Å². The number of halogens is 1. The van der Waals surface area contributed by atoms with Gasteiger partial charge in [0.1, 0.15) is 0 Å². The highest BCUT2D eigenvalue weighted by Gasteiger charge is 2.19. The number of rotatable bonds is 6. The third-order valence-corrected chi connectivity index (χ3v) is 5.18. The molecule has 26 heavy (non-hydrogen) atoms. The fraction of sp³-hybridized carbons (Fsp3) is 0.421. The van der Waals surface area contributed by atoms with Crippen molar-refractivity contribution in [2.75, 3.05) is 51.3 Å². The molecule has 2 heterocycles. The summed E-state index contributed by atoms with van der Waals surface area (Å²) in [6.45, 7) is 6.14. The minimum absolute atomic E-state index is 0. The average molecular weight is 486 g/mol. The molecule has 0 aliphatic carbocycles. The molecule has 2 aromatic rings. The van der Waals surface area contributed by atoms with Gasteiger partial charge < -0.3 is 19.9 Å². The molecule has 0 radical (unpaired) electrons. The zero-order chi connectivity index (χ0) is 17.3. The van der Waals surface area contributed by atoms with Gasteiger partial charge in [0.15, 0.2) is 5.96 Å². The van der Waals surface area contributed by atoms with Crippen molar-refractivity contribution in [2.45, 2.75) is 6.61 Å². The second kappa shape index (κ2) is 11.4. The Bertz CT molecular complexity index is 643. The first-order valence-electron chi connectivity index (χ1n) is 8.72. The molecule has 0 amide bonds.